The van der Waals surface area contributed by atoms with Gasteiger partial charge in [-0.1, -0.05) is 12.1 Å². The van der Waals surface area contributed by atoms with Crippen LogP contribution in [0.3, 0.4) is 0 Å². The molecular formula is C28H30FN7O2. The first kappa shape index (κ1) is 25.2. The lowest BCUT2D eigenvalue weighted by Gasteiger charge is -2.11. The lowest BCUT2D eigenvalue weighted by atomic mass is 10.1. The van der Waals surface area contributed by atoms with Crippen LogP contribution in [-0.4, -0.2) is 36.8 Å². The van der Waals surface area contributed by atoms with Crippen molar-refractivity contribution >= 4 is 34.0 Å². The molecule has 0 aliphatic heterocycles. The third kappa shape index (κ3) is 5.44. The van der Waals surface area contributed by atoms with Crippen LogP contribution >= 0.6 is 0 Å². The van der Waals surface area contributed by atoms with E-state index in [0.717, 1.165) is 17.5 Å². The molecule has 5 rings (SSSR count). The Hall–Kier alpha value is -4.47. The van der Waals surface area contributed by atoms with Crippen LogP contribution in [0.5, 0.6) is 0 Å². The number of ether oxygens (including phenoxy) is 1. The highest BCUT2D eigenvalue weighted by Crippen LogP contribution is 2.23. The number of nitrogens with one attached hydrogen (secondary N) is 1. The largest absolute Gasteiger partial charge is 0.450 e. The normalized spacial score (nSPS) is 11.5. The van der Waals surface area contributed by atoms with Gasteiger partial charge in [-0.25, -0.2) is 24.1 Å². The number of nitrogen functional groups attached to an aromatic ring is 1. The molecule has 10 heteroatoms. The van der Waals surface area contributed by atoms with Gasteiger partial charge in [-0.2, -0.15) is 0 Å². The third-order valence-electron chi connectivity index (χ3n) is 6.40. The summed E-state index contributed by atoms with van der Waals surface area (Å²) in [6.45, 7) is 5.61. The first-order valence-electron chi connectivity index (χ1n) is 12.6. The number of nitrogens with zero attached hydrogens (tertiary/aromatic N) is 5. The van der Waals surface area contributed by atoms with Crippen LogP contribution in [0.2, 0.25) is 0 Å². The number of nitrogens with two attached hydrogens (primary N) is 1. The molecule has 0 radical (unpaired) electrons. The second-order valence-corrected chi connectivity index (χ2v) is 9.46. The number of halogens is 1. The number of anilines is 1. The number of fused-ring (bicyclic) bond motifs is 2. The van der Waals surface area contributed by atoms with E-state index < -0.39 is 6.09 Å². The third-order valence-corrected chi connectivity index (χ3v) is 6.40. The van der Waals surface area contributed by atoms with E-state index in [-0.39, 0.29) is 11.6 Å². The summed E-state index contributed by atoms with van der Waals surface area (Å²) in [7, 11) is 0. The van der Waals surface area contributed by atoms with Crippen molar-refractivity contribution in [2.45, 2.75) is 45.8 Å². The fraction of sp³-hybridized carbons (Fsp3) is 0.286. The molecular weight excluding hydrogens is 485 g/mol. The minimum atomic E-state index is -0.443. The maximum absolute atomic E-state index is 13.3. The minimum Gasteiger partial charge on any atom is -0.450 e. The molecule has 196 valence electrons. The molecule has 0 unspecified atom stereocenters. The summed E-state index contributed by atoms with van der Waals surface area (Å²) < 4.78 is 22.7. The molecule has 3 N–H and O–H groups in total. The minimum absolute atomic E-state index is 0.268. The number of unbranched alkanes of at least 4 members (excludes halogenated alkanes) is 1. The zero-order valence-corrected chi connectivity index (χ0v) is 21.4. The number of imidazole rings is 1. The first-order valence-corrected chi connectivity index (χ1v) is 12.6. The number of benzene rings is 2. The van der Waals surface area contributed by atoms with Gasteiger partial charge in [-0.3, -0.25) is 0 Å². The van der Waals surface area contributed by atoms with Gasteiger partial charge in [0.1, 0.15) is 11.3 Å². The Labute approximate surface area is 219 Å². The van der Waals surface area contributed by atoms with Crippen LogP contribution in [0.1, 0.15) is 38.3 Å². The van der Waals surface area contributed by atoms with Gasteiger partial charge in [-0.05, 0) is 74.0 Å². The monoisotopic (exact) mass is 515 g/mol. The Morgan fingerprint density at radius 3 is 2.71 bits per heavy atom. The highest BCUT2D eigenvalue weighted by molar-refractivity contribution is 5.84. The van der Waals surface area contributed by atoms with Gasteiger partial charge in [0.25, 0.3) is 0 Å². The highest BCUT2D eigenvalue weighted by atomic mass is 19.1. The summed E-state index contributed by atoms with van der Waals surface area (Å²) >= 11 is 0. The lowest BCUT2D eigenvalue weighted by molar-refractivity contribution is 0.143. The van der Waals surface area contributed by atoms with Crippen molar-refractivity contribution in [3.63, 3.8) is 0 Å². The number of alkyl carbamates (subject to hydrolysis) is 1. The predicted molar refractivity (Wildman–Crippen MR) is 145 cm³/mol. The summed E-state index contributed by atoms with van der Waals surface area (Å²) in [4.78, 5) is 25.4. The van der Waals surface area contributed by atoms with Crippen molar-refractivity contribution in [1.29, 1.82) is 0 Å². The molecule has 2 aromatic carbocycles. The predicted octanol–water partition coefficient (Wildman–Crippen LogP) is 5.46. The van der Waals surface area contributed by atoms with Crippen molar-refractivity contribution in [2.24, 2.45) is 0 Å². The molecule has 5 aromatic rings. The van der Waals surface area contributed by atoms with E-state index in [1.165, 1.54) is 17.5 Å². The van der Waals surface area contributed by atoms with Crippen LogP contribution in [0.4, 0.5) is 15.0 Å². The smallest absolute Gasteiger partial charge is 0.407 e. The molecule has 0 aliphatic carbocycles. The Morgan fingerprint density at radius 2 is 1.92 bits per heavy atom. The Morgan fingerprint density at radius 1 is 1.11 bits per heavy atom. The average Bonchev–Trinajstić information content (AvgIpc) is 3.52. The summed E-state index contributed by atoms with van der Waals surface area (Å²) in [5.41, 5.74) is 10.1. The summed E-state index contributed by atoms with van der Waals surface area (Å²) in [6.07, 6.45) is 4.73. The number of rotatable bonds is 9. The van der Waals surface area contributed by atoms with Crippen LogP contribution in [-0.2, 0) is 17.8 Å². The van der Waals surface area contributed by atoms with Gasteiger partial charge in [0.05, 0.1) is 12.9 Å². The lowest BCUT2D eigenvalue weighted by Crippen LogP contribution is -2.24. The van der Waals surface area contributed by atoms with Gasteiger partial charge >= 0.3 is 6.09 Å². The SMILES string of the molecule is CC(C)n1ccc2ccc(CNC(=O)OCCCCn3cnc4c(N)nc(-c5ccc(F)cc5)nc43)cc21. The molecule has 9 nitrogen and oxygen atoms in total. The molecule has 3 heterocycles. The van der Waals surface area contributed by atoms with Crippen LogP contribution in [0.25, 0.3) is 33.5 Å². The van der Waals surface area contributed by atoms with E-state index in [2.05, 4.69) is 63.1 Å². The number of hydrogen-bond donors (Lipinski definition) is 2. The quantitative estimate of drug-likeness (QED) is 0.252. The van der Waals surface area contributed by atoms with Gasteiger partial charge in [0.2, 0.25) is 0 Å². The fourth-order valence-corrected chi connectivity index (χ4v) is 4.39. The zero-order chi connectivity index (χ0) is 26.6. The Kier molecular flexibility index (Phi) is 7.21. The zero-order valence-electron chi connectivity index (χ0n) is 21.4. The Balaban J connectivity index is 1.11. The molecule has 0 saturated heterocycles. The van der Waals surface area contributed by atoms with E-state index in [0.29, 0.717) is 54.7 Å². The van der Waals surface area contributed by atoms with Crippen molar-refractivity contribution in [3.05, 3.63) is 72.4 Å². The molecule has 0 fully saturated rings. The van der Waals surface area contributed by atoms with Crippen molar-refractivity contribution in [3.8, 4) is 11.4 Å². The molecule has 38 heavy (non-hydrogen) atoms. The van der Waals surface area contributed by atoms with Crippen molar-refractivity contribution in [2.75, 3.05) is 12.3 Å². The second kappa shape index (κ2) is 10.9. The number of hydrogen-bond acceptors (Lipinski definition) is 6. The molecule has 0 saturated carbocycles. The summed E-state index contributed by atoms with van der Waals surface area (Å²) in [5, 5.41) is 4.00. The van der Waals surface area contributed by atoms with Crippen LogP contribution in [0.15, 0.2) is 61.1 Å². The Bertz CT molecular complexity index is 1570. The van der Waals surface area contributed by atoms with E-state index in [1.54, 1.807) is 18.5 Å². The number of aryl methyl sites for hydroxylation is 1. The average molecular weight is 516 g/mol. The number of carbonyl (C=O) groups is 1. The number of amides is 1. The van der Waals surface area contributed by atoms with Crippen LogP contribution in [0, 0.1) is 5.82 Å². The molecule has 3 aromatic heterocycles. The highest BCUT2D eigenvalue weighted by Gasteiger charge is 2.13. The van der Waals surface area contributed by atoms with E-state index in [9.17, 15) is 9.18 Å². The molecule has 0 bridgehead atoms. The van der Waals surface area contributed by atoms with E-state index in [4.69, 9.17) is 10.5 Å². The van der Waals surface area contributed by atoms with E-state index >= 15 is 0 Å². The first-order chi connectivity index (χ1) is 18.4. The number of aromatic nitrogens is 5. The molecule has 0 spiro atoms. The van der Waals surface area contributed by atoms with Gasteiger partial charge < -0.3 is 24.9 Å². The molecule has 0 atom stereocenters. The fourth-order valence-electron chi connectivity index (χ4n) is 4.39. The molecule has 0 aliphatic rings. The van der Waals surface area contributed by atoms with Gasteiger partial charge in [0, 0.05) is 36.4 Å². The van der Waals surface area contributed by atoms with Gasteiger partial charge in [0.15, 0.2) is 17.3 Å². The van der Waals surface area contributed by atoms with Crippen molar-refractivity contribution < 1.29 is 13.9 Å². The topological polar surface area (TPSA) is 113 Å². The molecule has 1 amide bonds. The summed E-state index contributed by atoms with van der Waals surface area (Å²) in [5.74, 6) is 0.348. The maximum atomic E-state index is 13.3. The number of carbonyl (C=O) groups excluding carboxylic acids is 1. The second-order valence-electron chi connectivity index (χ2n) is 9.46. The summed E-state index contributed by atoms with van der Waals surface area (Å²) in [6, 6.07) is 14.6. The van der Waals surface area contributed by atoms with Crippen molar-refractivity contribution in [1.82, 2.24) is 29.4 Å². The van der Waals surface area contributed by atoms with E-state index in [1.807, 2.05) is 10.6 Å². The van der Waals surface area contributed by atoms with Gasteiger partial charge in [-0.15, -0.1) is 0 Å². The van der Waals surface area contributed by atoms with Crippen LogP contribution < -0.4 is 11.1 Å². The maximum Gasteiger partial charge on any atom is 0.407 e. The standard InChI is InChI=1S/C28H30FN7O2/c1-18(2)36-13-11-20-6-5-19(15-23(20)36)16-31-28(37)38-14-4-3-12-35-17-32-24-25(30)33-26(34-27(24)35)21-7-9-22(29)10-8-21/h5-11,13,15,17-18H,3-4,12,14,16H2,1-2H3,(H,31,37)(H2,30,33,34).